The van der Waals surface area contributed by atoms with Gasteiger partial charge in [0.2, 0.25) is 0 Å². The van der Waals surface area contributed by atoms with E-state index in [1.54, 1.807) is 4.88 Å². The molecule has 1 aromatic heterocycles. The van der Waals surface area contributed by atoms with E-state index in [1.165, 1.54) is 62.3 Å². The zero-order valence-corrected chi connectivity index (χ0v) is 13.6. The molecule has 1 atom stereocenters. The van der Waals surface area contributed by atoms with Gasteiger partial charge >= 0.3 is 0 Å². The minimum Gasteiger partial charge on any atom is -0.345 e. The van der Waals surface area contributed by atoms with E-state index in [-0.39, 0.29) is 0 Å². The van der Waals surface area contributed by atoms with Crippen LogP contribution in [-0.4, -0.2) is 24.1 Å². The fourth-order valence-electron chi connectivity index (χ4n) is 3.11. The highest BCUT2D eigenvalue weighted by molar-refractivity contribution is 7.15. The van der Waals surface area contributed by atoms with Gasteiger partial charge in [-0.05, 0) is 51.5 Å². The number of fused-ring (bicyclic) bond motifs is 1. The number of aromatic nitrogens is 1. The molecular weight excluding hydrogens is 266 g/mol. The molecule has 2 aliphatic carbocycles. The van der Waals surface area contributed by atoms with Crippen LogP contribution in [0.3, 0.4) is 0 Å². The second kappa shape index (κ2) is 6.44. The Hall–Kier alpha value is -0.610. The molecule has 3 rings (SSSR count). The van der Waals surface area contributed by atoms with E-state index in [9.17, 15) is 0 Å². The van der Waals surface area contributed by atoms with Crippen LogP contribution in [0.5, 0.6) is 0 Å². The molecule has 1 fully saturated rings. The third-order valence-corrected chi connectivity index (χ3v) is 5.45. The Morgan fingerprint density at radius 1 is 1.25 bits per heavy atom. The van der Waals surface area contributed by atoms with Crippen molar-refractivity contribution in [3.8, 4) is 0 Å². The maximum Gasteiger partial charge on any atom is 0.186 e. The summed E-state index contributed by atoms with van der Waals surface area (Å²) in [7, 11) is 0. The molecule has 0 aliphatic heterocycles. The lowest BCUT2D eigenvalue weighted by molar-refractivity contribution is 0.454. The summed E-state index contributed by atoms with van der Waals surface area (Å²) in [4.78, 5) is 9.16. The minimum absolute atomic E-state index is 0.506. The average molecular weight is 293 g/mol. The molecule has 1 saturated carbocycles. The quantitative estimate of drug-likeness (QED) is 0.826. The van der Waals surface area contributed by atoms with Crippen LogP contribution in [0, 0.1) is 0 Å². The summed E-state index contributed by atoms with van der Waals surface area (Å²) in [6.07, 6.45) is 8.96. The second-order valence-corrected chi connectivity index (χ2v) is 7.19. The van der Waals surface area contributed by atoms with Crippen LogP contribution in [-0.2, 0) is 6.42 Å². The van der Waals surface area contributed by atoms with Gasteiger partial charge in [0.05, 0.1) is 11.7 Å². The Kier molecular flexibility index (Phi) is 4.61. The Labute approximate surface area is 126 Å². The monoisotopic (exact) mass is 293 g/mol. The van der Waals surface area contributed by atoms with Gasteiger partial charge in [-0.2, -0.15) is 0 Å². The van der Waals surface area contributed by atoms with Crippen molar-refractivity contribution >= 4 is 16.5 Å². The van der Waals surface area contributed by atoms with Gasteiger partial charge < -0.3 is 10.2 Å². The highest BCUT2D eigenvalue weighted by Crippen LogP contribution is 2.40. The fraction of sp³-hybridized carbons (Fsp3) is 0.812. The smallest absolute Gasteiger partial charge is 0.186 e. The maximum atomic E-state index is 5.05. The van der Waals surface area contributed by atoms with Crippen LogP contribution in [0.1, 0.15) is 69.0 Å². The zero-order chi connectivity index (χ0) is 13.9. The fourth-order valence-corrected chi connectivity index (χ4v) is 4.37. The van der Waals surface area contributed by atoms with E-state index in [1.807, 2.05) is 11.3 Å². The SMILES string of the molecule is CCCNC1CCCc2sc(N(CCC)C3CC3)nc21. The molecule has 1 N–H and O–H groups in total. The number of thiazole rings is 1. The van der Waals surface area contributed by atoms with E-state index in [2.05, 4.69) is 24.1 Å². The molecule has 0 bridgehead atoms. The molecule has 1 unspecified atom stereocenters. The number of hydrogen-bond donors (Lipinski definition) is 1. The summed E-state index contributed by atoms with van der Waals surface area (Å²) in [6, 6.07) is 1.29. The molecule has 2 aliphatic rings. The number of nitrogens with one attached hydrogen (secondary N) is 1. The molecule has 4 heteroatoms. The van der Waals surface area contributed by atoms with Crippen LogP contribution < -0.4 is 10.2 Å². The van der Waals surface area contributed by atoms with Crippen molar-refractivity contribution in [2.45, 2.75) is 70.9 Å². The van der Waals surface area contributed by atoms with Gasteiger partial charge in [0, 0.05) is 17.5 Å². The standard InChI is InChI=1S/C16H27N3S/c1-3-10-17-13-6-5-7-14-15(13)18-16(20-14)19(11-4-2)12-8-9-12/h12-13,17H,3-11H2,1-2H3. The molecule has 1 heterocycles. The molecule has 112 valence electrons. The summed E-state index contributed by atoms with van der Waals surface area (Å²) in [5, 5.41) is 4.98. The van der Waals surface area contributed by atoms with Crippen molar-refractivity contribution in [3.05, 3.63) is 10.6 Å². The van der Waals surface area contributed by atoms with Gasteiger partial charge in [-0.15, -0.1) is 11.3 Å². The summed E-state index contributed by atoms with van der Waals surface area (Å²) >= 11 is 1.96. The first-order valence-electron chi connectivity index (χ1n) is 8.33. The number of hydrogen-bond acceptors (Lipinski definition) is 4. The van der Waals surface area contributed by atoms with E-state index < -0.39 is 0 Å². The van der Waals surface area contributed by atoms with Gasteiger partial charge in [-0.25, -0.2) is 4.98 Å². The molecule has 3 nitrogen and oxygen atoms in total. The first-order chi connectivity index (χ1) is 9.83. The van der Waals surface area contributed by atoms with Gasteiger partial charge in [-0.1, -0.05) is 13.8 Å². The number of aryl methyl sites for hydroxylation is 1. The van der Waals surface area contributed by atoms with Crippen LogP contribution in [0.4, 0.5) is 5.13 Å². The number of rotatable bonds is 7. The first-order valence-corrected chi connectivity index (χ1v) is 9.14. The molecular formula is C16H27N3S. The summed E-state index contributed by atoms with van der Waals surface area (Å²) in [6.45, 7) is 6.79. The highest BCUT2D eigenvalue weighted by atomic mass is 32.1. The van der Waals surface area contributed by atoms with E-state index in [4.69, 9.17) is 4.98 Å². The van der Waals surface area contributed by atoms with Crippen LogP contribution >= 0.6 is 11.3 Å². The third-order valence-electron chi connectivity index (χ3n) is 4.28. The van der Waals surface area contributed by atoms with Gasteiger partial charge in [-0.3, -0.25) is 0 Å². The van der Waals surface area contributed by atoms with E-state index >= 15 is 0 Å². The van der Waals surface area contributed by atoms with Crippen LogP contribution in [0.2, 0.25) is 0 Å². The zero-order valence-electron chi connectivity index (χ0n) is 12.8. The van der Waals surface area contributed by atoms with Gasteiger partial charge in [0.15, 0.2) is 5.13 Å². The third kappa shape index (κ3) is 3.01. The second-order valence-electron chi connectivity index (χ2n) is 6.13. The Morgan fingerprint density at radius 3 is 2.80 bits per heavy atom. The largest absolute Gasteiger partial charge is 0.345 e. The molecule has 0 amide bonds. The average Bonchev–Trinajstić information content (AvgIpc) is 3.20. The lowest BCUT2D eigenvalue weighted by Gasteiger charge is -2.22. The molecule has 1 aromatic rings. The Morgan fingerprint density at radius 2 is 2.10 bits per heavy atom. The molecule has 0 spiro atoms. The van der Waals surface area contributed by atoms with Crippen molar-refractivity contribution < 1.29 is 0 Å². The number of nitrogens with zero attached hydrogens (tertiary/aromatic N) is 2. The summed E-state index contributed by atoms with van der Waals surface area (Å²) < 4.78 is 0. The summed E-state index contributed by atoms with van der Waals surface area (Å²) in [5.41, 5.74) is 1.37. The van der Waals surface area contributed by atoms with Gasteiger partial charge in [0.25, 0.3) is 0 Å². The highest BCUT2D eigenvalue weighted by Gasteiger charge is 2.32. The number of anilines is 1. The molecule has 0 saturated heterocycles. The van der Waals surface area contributed by atoms with E-state index in [0.717, 1.165) is 12.6 Å². The van der Waals surface area contributed by atoms with Crippen molar-refractivity contribution in [3.63, 3.8) is 0 Å². The first kappa shape index (κ1) is 14.3. The lowest BCUT2D eigenvalue weighted by atomic mass is 9.97. The molecule has 0 radical (unpaired) electrons. The molecule has 0 aromatic carbocycles. The molecule has 20 heavy (non-hydrogen) atoms. The topological polar surface area (TPSA) is 28.2 Å². The van der Waals surface area contributed by atoms with Crippen molar-refractivity contribution in [1.82, 2.24) is 10.3 Å². The predicted molar refractivity (Wildman–Crippen MR) is 86.7 cm³/mol. The van der Waals surface area contributed by atoms with Crippen molar-refractivity contribution in [1.29, 1.82) is 0 Å². The van der Waals surface area contributed by atoms with E-state index in [0.29, 0.717) is 6.04 Å². The normalized spacial score (nSPS) is 21.8. The maximum absolute atomic E-state index is 5.05. The van der Waals surface area contributed by atoms with Crippen LogP contribution in [0.15, 0.2) is 0 Å². The Bertz CT molecular complexity index is 439. The van der Waals surface area contributed by atoms with Gasteiger partial charge in [0.1, 0.15) is 0 Å². The van der Waals surface area contributed by atoms with Crippen molar-refractivity contribution in [2.24, 2.45) is 0 Å². The van der Waals surface area contributed by atoms with Crippen LogP contribution in [0.25, 0.3) is 0 Å². The van der Waals surface area contributed by atoms with Crippen molar-refractivity contribution in [2.75, 3.05) is 18.0 Å². The minimum atomic E-state index is 0.506. The predicted octanol–water partition coefficient (Wildman–Crippen LogP) is 3.90. The Balaban J connectivity index is 1.78. The lowest BCUT2D eigenvalue weighted by Crippen LogP contribution is -2.27. The summed E-state index contributed by atoms with van der Waals surface area (Å²) in [5.74, 6) is 0.